The normalized spacial score (nSPS) is 16.3. The van der Waals surface area contributed by atoms with Crippen molar-refractivity contribution in [1.29, 1.82) is 5.26 Å². The molecule has 0 bridgehead atoms. The highest BCUT2D eigenvalue weighted by Crippen LogP contribution is 2.30. The molecular formula is C15H15BrN4. The molecule has 1 aliphatic heterocycles. The molecule has 1 saturated heterocycles. The van der Waals surface area contributed by atoms with Crippen molar-refractivity contribution in [2.45, 2.75) is 0 Å². The molecule has 0 atom stereocenters. The molecule has 0 aliphatic carbocycles. The molecule has 2 heterocycles. The van der Waals surface area contributed by atoms with Crippen LogP contribution in [0.3, 0.4) is 0 Å². The SMILES string of the molecule is N#CCN1CCN(c2nccc3c(Br)cccc23)CC1. The van der Waals surface area contributed by atoms with Gasteiger partial charge in [0.1, 0.15) is 5.82 Å². The van der Waals surface area contributed by atoms with Gasteiger partial charge in [-0.1, -0.05) is 28.1 Å². The quantitative estimate of drug-likeness (QED) is 0.794. The number of hydrogen-bond acceptors (Lipinski definition) is 4. The van der Waals surface area contributed by atoms with Gasteiger partial charge in [0.25, 0.3) is 0 Å². The molecule has 0 amide bonds. The van der Waals surface area contributed by atoms with Gasteiger partial charge in [0, 0.05) is 47.6 Å². The second-order valence-electron chi connectivity index (χ2n) is 4.89. The summed E-state index contributed by atoms with van der Waals surface area (Å²) in [5, 5.41) is 11.1. The minimum Gasteiger partial charge on any atom is -0.354 e. The Kier molecular flexibility index (Phi) is 3.86. The van der Waals surface area contributed by atoms with Crippen LogP contribution in [-0.4, -0.2) is 42.6 Å². The van der Waals surface area contributed by atoms with E-state index in [-0.39, 0.29) is 0 Å². The molecule has 5 heteroatoms. The average molecular weight is 331 g/mol. The van der Waals surface area contributed by atoms with Gasteiger partial charge in [-0.2, -0.15) is 5.26 Å². The van der Waals surface area contributed by atoms with Crippen molar-refractivity contribution in [3.05, 3.63) is 34.9 Å². The van der Waals surface area contributed by atoms with Gasteiger partial charge in [-0.15, -0.1) is 0 Å². The number of nitriles is 1. The van der Waals surface area contributed by atoms with Crippen LogP contribution in [0, 0.1) is 11.3 Å². The van der Waals surface area contributed by atoms with E-state index in [1.54, 1.807) is 0 Å². The summed E-state index contributed by atoms with van der Waals surface area (Å²) in [6.45, 7) is 4.18. The number of benzene rings is 1. The van der Waals surface area contributed by atoms with Gasteiger partial charge in [0.05, 0.1) is 12.6 Å². The van der Waals surface area contributed by atoms with Crippen LogP contribution in [-0.2, 0) is 0 Å². The Labute approximate surface area is 126 Å². The zero-order valence-corrected chi connectivity index (χ0v) is 12.7. The Morgan fingerprint density at radius 3 is 2.70 bits per heavy atom. The number of piperazine rings is 1. The molecule has 1 aliphatic rings. The Morgan fingerprint density at radius 1 is 1.15 bits per heavy atom. The third kappa shape index (κ3) is 2.49. The molecule has 0 unspecified atom stereocenters. The molecule has 1 aromatic carbocycles. The van der Waals surface area contributed by atoms with Crippen molar-refractivity contribution < 1.29 is 0 Å². The van der Waals surface area contributed by atoms with Gasteiger partial charge in [0.2, 0.25) is 0 Å². The van der Waals surface area contributed by atoms with Crippen LogP contribution in [0.15, 0.2) is 34.9 Å². The zero-order valence-electron chi connectivity index (χ0n) is 11.1. The Hall–Kier alpha value is -1.64. The minimum absolute atomic E-state index is 0.516. The van der Waals surface area contributed by atoms with Crippen LogP contribution in [0.5, 0.6) is 0 Å². The predicted molar refractivity (Wildman–Crippen MR) is 83.7 cm³/mol. The maximum absolute atomic E-state index is 8.75. The lowest BCUT2D eigenvalue weighted by molar-refractivity contribution is 0.286. The topological polar surface area (TPSA) is 43.2 Å². The van der Waals surface area contributed by atoms with Crippen LogP contribution in [0.25, 0.3) is 10.8 Å². The van der Waals surface area contributed by atoms with E-state index in [1.165, 1.54) is 10.8 Å². The van der Waals surface area contributed by atoms with Gasteiger partial charge in [0.15, 0.2) is 0 Å². The lowest BCUT2D eigenvalue weighted by Gasteiger charge is -2.34. The second kappa shape index (κ2) is 5.78. The van der Waals surface area contributed by atoms with Crippen LogP contribution in [0.4, 0.5) is 5.82 Å². The van der Waals surface area contributed by atoms with Crippen LogP contribution < -0.4 is 4.90 Å². The maximum Gasteiger partial charge on any atom is 0.136 e. The molecule has 0 saturated carbocycles. The van der Waals surface area contributed by atoms with Crippen molar-refractivity contribution >= 4 is 32.5 Å². The highest BCUT2D eigenvalue weighted by Gasteiger charge is 2.19. The number of rotatable bonds is 2. The smallest absolute Gasteiger partial charge is 0.136 e. The van der Waals surface area contributed by atoms with E-state index in [9.17, 15) is 0 Å². The molecule has 20 heavy (non-hydrogen) atoms. The lowest BCUT2D eigenvalue weighted by atomic mass is 10.1. The van der Waals surface area contributed by atoms with Crippen molar-refractivity contribution in [3.63, 3.8) is 0 Å². The van der Waals surface area contributed by atoms with E-state index in [2.05, 4.69) is 48.9 Å². The first-order valence-electron chi connectivity index (χ1n) is 6.67. The Balaban J connectivity index is 1.89. The fourth-order valence-corrected chi connectivity index (χ4v) is 3.12. The third-order valence-electron chi connectivity index (χ3n) is 3.70. The number of anilines is 1. The lowest BCUT2D eigenvalue weighted by Crippen LogP contribution is -2.46. The zero-order chi connectivity index (χ0) is 13.9. The molecule has 0 spiro atoms. The highest BCUT2D eigenvalue weighted by molar-refractivity contribution is 9.10. The molecule has 102 valence electrons. The van der Waals surface area contributed by atoms with Gasteiger partial charge in [-0.05, 0) is 12.1 Å². The number of hydrogen-bond donors (Lipinski definition) is 0. The van der Waals surface area contributed by atoms with Crippen molar-refractivity contribution in [2.75, 3.05) is 37.6 Å². The molecule has 4 nitrogen and oxygen atoms in total. The molecule has 0 radical (unpaired) electrons. The fraction of sp³-hybridized carbons (Fsp3) is 0.333. The Bertz CT molecular complexity index is 656. The predicted octanol–water partition coefficient (Wildman–Crippen LogP) is 2.64. The van der Waals surface area contributed by atoms with E-state index in [0.717, 1.165) is 36.5 Å². The first kappa shape index (κ1) is 13.3. The molecule has 3 rings (SSSR count). The summed E-state index contributed by atoms with van der Waals surface area (Å²) in [4.78, 5) is 9.05. The minimum atomic E-state index is 0.516. The summed E-state index contributed by atoms with van der Waals surface area (Å²) in [6.07, 6.45) is 1.87. The third-order valence-corrected chi connectivity index (χ3v) is 4.39. The Morgan fingerprint density at radius 2 is 1.95 bits per heavy atom. The summed E-state index contributed by atoms with van der Waals surface area (Å²) in [5.41, 5.74) is 0. The molecule has 2 aromatic rings. The van der Waals surface area contributed by atoms with Gasteiger partial charge < -0.3 is 4.90 Å². The second-order valence-corrected chi connectivity index (χ2v) is 5.75. The summed E-state index contributed by atoms with van der Waals surface area (Å²) in [7, 11) is 0. The van der Waals surface area contributed by atoms with E-state index in [0.29, 0.717) is 6.54 Å². The molecular weight excluding hydrogens is 316 g/mol. The van der Waals surface area contributed by atoms with Crippen molar-refractivity contribution in [1.82, 2.24) is 9.88 Å². The number of pyridine rings is 1. The van der Waals surface area contributed by atoms with E-state index in [4.69, 9.17) is 5.26 Å². The fourth-order valence-electron chi connectivity index (χ4n) is 2.62. The van der Waals surface area contributed by atoms with Gasteiger partial charge >= 0.3 is 0 Å². The molecule has 1 aromatic heterocycles. The van der Waals surface area contributed by atoms with E-state index >= 15 is 0 Å². The summed E-state index contributed by atoms with van der Waals surface area (Å²) < 4.78 is 1.10. The average Bonchev–Trinajstić information content (AvgIpc) is 2.48. The number of nitrogens with zero attached hydrogens (tertiary/aromatic N) is 4. The van der Waals surface area contributed by atoms with Crippen LogP contribution in [0.2, 0.25) is 0 Å². The van der Waals surface area contributed by atoms with Crippen LogP contribution >= 0.6 is 15.9 Å². The van der Waals surface area contributed by atoms with E-state index in [1.807, 2.05) is 18.3 Å². The first-order valence-corrected chi connectivity index (χ1v) is 7.46. The summed E-state index contributed by atoms with van der Waals surface area (Å²) in [5.74, 6) is 1.04. The largest absolute Gasteiger partial charge is 0.354 e. The standard InChI is InChI=1S/C15H15BrN4/c16-14-3-1-2-13-12(14)4-6-18-15(13)20-10-8-19(7-5-17)9-11-20/h1-4,6H,7-11H2. The summed E-state index contributed by atoms with van der Waals surface area (Å²) >= 11 is 3.59. The molecule has 0 N–H and O–H groups in total. The summed E-state index contributed by atoms with van der Waals surface area (Å²) in [6, 6.07) is 10.5. The van der Waals surface area contributed by atoms with Crippen molar-refractivity contribution in [3.8, 4) is 6.07 Å². The van der Waals surface area contributed by atoms with Gasteiger partial charge in [-0.25, -0.2) is 4.98 Å². The maximum atomic E-state index is 8.75. The monoisotopic (exact) mass is 330 g/mol. The first-order chi connectivity index (χ1) is 9.79. The van der Waals surface area contributed by atoms with Crippen LogP contribution in [0.1, 0.15) is 0 Å². The number of fused-ring (bicyclic) bond motifs is 1. The van der Waals surface area contributed by atoms with Crippen molar-refractivity contribution in [2.24, 2.45) is 0 Å². The van der Waals surface area contributed by atoms with Gasteiger partial charge in [-0.3, -0.25) is 4.90 Å². The molecule has 1 fully saturated rings. The number of halogens is 1. The highest BCUT2D eigenvalue weighted by atomic mass is 79.9. The number of aromatic nitrogens is 1. The van der Waals surface area contributed by atoms with E-state index < -0.39 is 0 Å².